The summed E-state index contributed by atoms with van der Waals surface area (Å²) in [5.74, 6) is 0. The fourth-order valence-electron chi connectivity index (χ4n) is 1.31. The molecule has 0 aliphatic carbocycles. The van der Waals surface area contributed by atoms with Crippen molar-refractivity contribution in [1.29, 1.82) is 0 Å². The molecule has 6 nitrogen and oxygen atoms in total. The molecule has 0 saturated carbocycles. The minimum Gasteiger partial charge on any atom is -0.449 e. The molecule has 0 aliphatic heterocycles. The van der Waals surface area contributed by atoms with E-state index in [9.17, 15) is 14.9 Å². The highest BCUT2D eigenvalue weighted by atomic mass is 16.6. The van der Waals surface area contributed by atoms with Crippen LogP contribution in [0.4, 0.5) is 16.2 Å². The Kier molecular flexibility index (Phi) is 5.10. The van der Waals surface area contributed by atoms with Crippen molar-refractivity contribution in [3.63, 3.8) is 0 Å². The first kappa shape index (κ1) is 14.0. The summed E-state index contributed by atoms with van der Waals surface area (Å²) < 4.78 is 4.92. The molecule has 6 heteroatoms. The second-order valence-corrected chi connectivity index (χ2v) is 3.87. The number of non-ortho nitro benzene ring substituents is 1. The summed E-state index contributed by atoms with van der Waals surface area (Å²) in [5.41, 5.74) is 1.07. The van der Waals surface area contributed by atoms with Crippen LogP contribution in [0, 0.1) is 17.0 Å². The lowest BCUT2D eigenvalue weighted by molar-refractivity contribution is -0.384. The number of unbranched alkanes of at least 4 members (excludes halogenated alkanes) is 1. The third-order valence-electron chi connectivity index (χ3n) is 2.40. The third-order valence-corrected chi connectivity index (χ3v) is 2.40. The zero-order chi connectivity index (χ0) is 13.5. The molecule has 0 atom stereocenters. The van der Waals surface area contributed by atoms with Crippen LogP contribution in [0.3, 0.4) is 0 Å². The Hall–Kier alpha value is -2.11. The van der Waals surface area contributed by atoms with E-state index in [2.05, 4.69) is 5.32 Å². The van der Waals surface area contributed by atoms with Crippen molar-refractivity contribution in [3.8, 4) is 0 Å². The van der Waals surface area contributed by atoms with Gasteiger partial charge in [-0.15, -0.1) is 0 Å². The highest BCUT2D eigenvalue weighted by Crippen LogP contribution is 2.21. The summed E-state index contributed by atoms with van der Waals surface area (Å²) in [6.45, 7) is 4.09. The molecular weight excluding hydrogens is 236 g/mol. The van der Waals surface area contributed by atoms with Crippen LogP contribution in [0.15, 0.2) is 18.2 Å². The van der Waals surface area contributed by atoms with Gasteiger partial charge in [-0.1, -0.05) is 19.4 Å². The maximum Gasteiger partial charge on any atom is 0.411 e. The third kappa shape index (κ3) is 4.04. The monoisotopic (exact) mass is 252 g/mol. The van der Waals surface area contributed by atoms with Gasteiger partial charge in [0.1, 0.15) is 0 Å². The van der Waals surface area contributed by atoms with Gasteiger partial charge in [-0.25, -0.2) is 4.79 Å². The van der Waals surface area contributed by atoms with Gasteiger partial charge in [0.2, 0.25) is 0 Å². The van der Waals surface area contributed by atoms with Crippen LogP contribution >= 0.6 is 0 Å². The Bertz CT molecular complexity index is 446. The molecule has 1 aromatic rings. The lowest BCUT2D eigenvalue weighted by atomic mass is 10.2. The second kappa shape index (κ2) is 6.58. The zero-order valence-electron chi connectivity index (χ0n) is 10.4. The van der Waals surface area contributed by atoms with E-state index in [0.29, 0.717) is 12.3 Å². The molecule has 0 aromatic heterocycles. The summed E-state index contributed by atoms with van der Waals surface area (Å²) in [6.07, 6.45) is 1.14. The number of nitrogens with zero attached hydrogens (tertiary/aromatic N) is 1. The van der Waals surface area contributed by atoms with Gasteiger partial charge in [0.15, 0.2) is 0 Å². The van der Waals surface area contributed by atoms with Crippen molar-refractivity contribution in [2.75, 3.05) is 11.9 Å². The Morgan fingerprint density at radius 3 is 2.83 bits per heavy atom. The Morgan fingerprint density at radius 2 is 2.22 bits per heavy atom. The molecule has 0 saturated heterocycles. The van der Waals surface area contributed by atoms with Crippen LogP contribution in [0.5, 0.6) is 0 Å². The lowest BCUT2D eigenvalue weighted by Crippen LogP contribution is -2.15. The second-order valence-electron chi connectivity index (χ2n) is 3.87. The quantitative estimate of drug-likeness (QED) is 0.495. The van der Waals surface area contributed by atoms with Crippen LogP contribution in [-0.4, -0.2) is 17.6 Å². The van der Waals surface area contributed by atoms with Crippen molar-refractivity contribution in [2.24, 2.45) is 0 Å². The van der Waals surface area contributed by atoms with E-state index < -0.39 is 11.0 Å². The van der Waals surface area contributed by atoms with Gasteiger partial charge in [0.05, 0.1) is 17.2 Å². The molecule has 98 valence electrons. The van der Waals surface area contributed by atoms with E-state index in [-0.39, 0.29) is 5.69 Å². The van der Waals surface area contributed by atoms with Crippen molar-refractivity contribution < 1.29 is 14.5 Å². The summed E-state index contributed by atoms with van der Waals surface area (Å²) in [4.78, 5) is 21.5. The largest absolute Gasteiger partial charge is 0.449 e. The highest BCUT2D eigenvalue weighted by Gasteiger charge is 2.11. The first-order valence-electron chi connectivity index (χ1n) is 5.73. The van der Waals surface area contributed by atoms with Crippen molar-refractivity contribution in [1.82, 2.24) is 0 Å². The van der Waals surface area contributed by atoms with Gasteiger partial charge in [0, 0.05) is 12.1 Å². The van der Waals surface area contributed by atoms with Gasteiger partial charge < -0.3 is 4.74 Å². The van der Waals surface area contributed by atoms with Gasteiger partial charge >= 0.3 is 6.09 Å². The molecule has 0 radical (unpaired) electrons. The number of hydrogen-bond acceptors (Lipinski definition) is 4. The molecule has 0 spiro atoms. The number of ether oxygens (including phenoxy) is 1. The van der Waals surface area contributed by atoms with Crippen molar-refractivity contribution in [3.05, 3.63) is 33.9 Å². The van der Waals surface area contributed by atoms with Gasteiger partial charge in [-0.3, -0.25) is 15.4 Å². The van der Waals surface area contributed by atoms with Gasteiger partial charge in [-0.05, 0) is 18.9 Å². The first-order valence-corrected chi connectivity index (χ1v) is 5.73. The Labute approximate surface area is 105 Å². The zero-order valence-corrected chi connectivity index (χ0v) is 10.4. The number of amides is 1. The molecule has 0 fully saturated rings. The molecule has 1 rings (SSSR count). The van der Waals surface area contributed by atoms with Crippen molar-refractivity contribution in [2.45, 2.75) is 26.7 Å². The first-order chi connectivity index (χ1) is 8.54. The number of nitro groups is 1. The van der Waals surface area contributed by atoms with Gasteiger partial charge in [0.25, 0.3) is 5.69 Å². The summed E-state index contributed by atoms with van der Waals surface area (Å²) in [7, 11) is 0. The van der Waals surface area contributed by atoms with E-state index >= 15 is 0 Å². The standard InChI is InChI=1S/C12H16N2O4/c1-3-4-7-18-12(15)13-11-8-10(14(16)17)6-5-9(11)2/h5-6,8H,3-4,7H2,1-2H3,(H,13,15). The van der Waals surface area contributed by atoms with E-state index in [4.69, 9.17) is 4.74 Å². The van der Waals surface area contributed by atoms with E-state index in [1.54, 1.807) is 13.0 Å². The number of hydrogen-bond donors (Lipinski definition) is 1. The average molecular weight is 252 g/mol. The predicted octanol–water partition coefficient (Wildman–Crippen LogP) is 3.25. The van der Waals surface area contributed by atoms with Crippen LogP contribution in [0.2, 0.25) is 0 Å². The summed E-state index contributed by atoms with van der Waals surface area (Å²) in [5, 5.41) is 13.1. The summed E-state index contributed by atoms with van der Waals surface area (Å²) in [6, 6.07) is 4.29. The smallest absolute Gasteiger partial charge is 0.411 e. The Balaban J connectivity index is 2.68. The average Bonchev–Trinajstić information content (AvgIpc) is 2.32. The molecule has 0 aliphatic rings. The van der Waals surface area contributed by atoms with Gasteiger partial charge in [-0.2, -0.15) is 0 Å². The minimum atomic E-state index is -0.591. The molecule has 1 amide bonds. The fraction of sp³-hybridized carbons (Fsp3) is 0.417. The van der Waals surface area contributed by atoms with Crippen LogP contribution in [-0.2, 0) is 4.74 Å². The number of carbonyl (C=O) groups is 1. The molecular formula is C12H16N2O4. The number of carbonyl (C=O) groups excluding carboxylic acids is 1. The number of rotatable bonds is 5. The van der Waals surface area contributed by atoms with Crippen LogP contribution < -0.4 is 5.32 Å². The number of nitro benzene ring substituents is 1. The fourth-order valence-corrected chi connectivity index (χ4v) is 1.31. The molecule has 0 heterocycles. The number of aryl methyl sites for hydroxylation is 1. The topological polar surface area (TPSA) is 81.5 Å². The van der Waals surface area contributed by atoms with Crippen molar-refractivity contribution >= 4 is 17.5 Å². The predicted molar refractivity (Wildman–Crippen MR) is 67.7 cm³/mol. The minimum absolute atomic E-state index is 0.0653. The van der Waals surface area contributed by atoms with E-state index in [1.165, 1.54) is 12.1 Å². The molecule has 18 heavy (non-hydrogen) atoms. The maximum atomic E-state index is 11.4. The van der Waals surface area contributed by atoms with E-state index in [1.807, 2.05) is 6.92 Å². The number of benzene rings is 1. The number of nitrogens with one attached hydrogen (secondary N) is 1. The summed E-state index contributed by atoms with van der Waals surface area (Å²) >= 11 is 0. The SMILES string of the molecule is CCCCOC(=O)Nc1cc([N+](=O)[O-])ccc1C. The normalized spacial score (nSPS) is 9.89. The Morgan fingerprint density at radius 1 is 1.50 bits per heavy atom. The molecule has 1 N–H and O–H groups in total. The number of anilines is 1. The molecule has 0 unspecified atom stereocenters. The molecule has 0 bridgehead atoms. The van der Waals surface area contributed by atoms with Crippen LogP contribution in [0.1, 0.15) is 25.3 Å². The highest BCUT2D eigenvalue weighted by molar-refractivity contribution is 5.86. The maximum absolute atomic E-state index is 11.4. The van der Waals surface area contributed by atoms with E-state index in [0.717, 1.165) is 18.4 Å². The lowest BCUT2D eigenvalue weighted by Gasteiger charge is -2.08. The van der Waals surface area contributed by atoms with Crippen LogP contribution in [0.25, 0.3) is 0 Å². The molecule has 1 aromatic carbocycles.